The molecule has 1 aliphatic rings. The molecule has 0 aromatic rings. The molecule has 1 amide bonds. The summed E-state index contributed by atoms with van der Waals surface area (Å²) in [5.41, 5.74) is -0.420. The van der Waals surface area contributed by atoms with Crippen LogP contribution in [0, 0.1) is 0 Å². The molecule has 5 heteroatoms. The molecule has 1 saturated heterocycles. The summed E-state index contributed by atoms with van der Waals surface area (Å²) in [6, 6.07) is 0.594. The summed E-state index contributed by atoms with van der Waals surface area (Å²) in [5.74, 6) is 1.18. The number of amides is 1. The van der Waals surface area contributed by atoms with Gasteiger partial charge in [-0.3, -0.25) is 0 Å². The molecule has 0 saturated carbocycles. The van der Waals surface area contributed by atoms with Crippen LogP contribution in [0.2, 0.25) is 0 Å². The SMILES string of the molecule is CC1CC(NCCN(C)C(=O)OC(C)(C)C)CS1. The van der Waals surface area contributed by atoms with Crippen LogP contribution in [-0.2, 0) is 4.74 Å². The second kappa shape index (κ2) is 6.66. The van der Waals surface area contributed by atoms with Crippen LogP contribution in [-0.4, -0.2) is 53.8 Å². The largest absolute Gasteiger partial charge is 0.444 e. The number of hydrogen-bond donors (Lipinski definition) is 1. The highest BCUT2D eigenvalue weighted by Crippen LogP contribution is 2.25. The van der Waals surface area contributed by atoms with Crippen LogP contribution in [0.1, 0.15) is 34.1 Å². The van der Waals surface area contributed by atoms with Crippen molar-refractivity contribution >= 4 is 17.9 Å². The van der Waals surface area contributed by atoms with Gasteiger partial charge in [0.25, 0.3) is 0 Å². The third kappa shape index (κ3) is 5.96. The van der Waals surface area contributed by atoms with Crippen molar-refractivity contribution in [3.8, 4) is 0 Å². The lowest BCUT2D eigenvalue weighted by Crippen LogP contribution is -2.40. The minimum absolute atomic E-state index is 0.251. The molecule has 0 aliphatic carbocycles. The topological polar surface area (TPSA) is 41.6 Å². The van der Waals surface area contributed by atoms with E-state index in [2.05, 4.69) is 12.2 Å². The summed E-state index contributed by atoms with van der Waals surface area (Å²) in [5, 5.41) is 4.25. The van der Waals surface area contributed by atoms with Gasteiger partial charge in [-0.2, -0.15) is 11.8 Å². The van der Waals surface area contributed by atoms with Gasteiger partial charge in [0, 0.05) is 37.2 Å². The van der Waals surface area contributed by atoms with Gasteiger partial charge in [0.1, 0.15) is 5.60 Å². The molecule has 2 atom stereocenters. The zero-order chi connectivity index (χ0) is 13.8. The highest BCUT2D eigenvalue weighted by molar-refractivity contribution is 8.00. The van der Waals surface area contributed by atoms with Gasteiger partial charge in [0.15, 0.2) is 0 Å². The Morgan fingerprint density at radius 2 is 2.17 bits per heavy atom. The molecule has 106 valence electrons. The molecule has 2 unspecified atom stereocenters. The van der Waals surface area contributed by atoms with Crippen molar-refractivity contribution in [3.63, 3.8) is 0 Å². The highest BCUT2D eigenvalue weighted by atomic mass is 32.2. The average molecular weight is 274 g/mol. The Morgan fingerprint density at radius 1 is 1.50 bits per heavy atom. The van der Waals surface area contributed by atoms with E-state index < -0.39 is 5.60 Å². The van der Waals surface area contributed by atoms with E-state index >= 15 is 0 Å². The first-order valence-corrected chi connectivity index (χ1v) is 7.62. The van der Waals surface area contributed by atoms with Crippen LogP contribution in [0.4, 0.5) is 4.79 Å². The maximum Gasteiger partial charge on any atom is 0.410 e. The molecule has 4 nitrogen and oxygen atoms in total. The van der Waals surface area contributed by atoms with Gasteiger partial charge in [-0.05, 0) is 27.2 Å². The molecule has 18 heavy (non-hydrogen) atoms. The van der Waals surface area contributed by atoms with Crippen LogP contribution in [0.3, 0.4) is 0 Å². The number of nitrogens with one attached hydrogen (secondary N) is 1. The molecule has 1 heterocycles. The van der Waals surface area contributed by atoms with Crippen LogP contribution < -0.4 is 5.32 Å². The minimum Gasteiger partial charge on any atom is -0.444 e. The van der Waals surface area contributed by atoms with E-state index in [1.165, 1.54) is 12.2 Å². The van der Waals surface area contributed by atoms with Gasteiger partial charge in [0.05, 0.1) is 0 Å². The smallest absolute Gasteiger partial charge is 0.410 e. The normalized spacial score (nSPS) is 24.1. The number of ether oxygens (including phenoxy) is 1. The lowest BCUT2D eigenvalue weighted by molar-refractivity contribution is 0.0299. The third-order valence-electron chi connectivity index (χ3n) is 2.78. The van der Waals surface area contributed by atoms with Crippen molar-refractivity contribution in [2.45, 2.75) is 51.0 Å². The zero-order valence-electron chi connectivity index (χ0n) is 12.2. The molecule has 1 N–H and O–H groups in total. The molecule has 0 radical (unpaired) electrons. The van der Waals surface area contributed by atoms with E-state index in [4.69, 9.17) is 4.74 Å². The van der Waals surface area contributed by atoms with Gasteiger partial charge in [-0.15, -0.1) is 0 Å². The summed E-state index contributed by atoms with van der Waals surface area (Å²) in [4.78, 5) is 13.3. The van der Waals surface area contributed by atoms with E-state index in [-0.39, 0.29) is 6.09 Å². The maximum absolute atomic E-state index is 11.7. The van der Waals surface area contributed by atoms with E-state index in [1.54, 1.807) is 11.9 Å². The predicted octanol–water partition coefficient (Wildman–Crippen LogP) is 2.34. The second-order valence-corrected chi connectivity index (χ2v) is 7.40. The molecule has 0 bridgehead atoms. The van der Waals surface area contributed by atoms with Crippen molar-refractivity contribution in [2.24, 2.45) is 0 Å². The average Bonchev–Trinajstić information content (AvgIpc) is 2.61. The number of carbonyl (C=O) groups is 1. The number of rotatable bonds is 4. The lowest BCUT2D eigenvalue weighted by atomic mass is 10.2. The van der Waals surface area contributed by atoms with Gasteiger partial charge in [0.2, 0.25) is 0 Å². The molecular formula is C13H26N2O2S. The summed E-state index contributed by atoms with van der Waals surface area (Å²) in [7, 11) is 1.78. The molecular weight excluding hydrogens is 248 g/mol. The van der Waals surface area contributed by atoms with Crippen molar-refractivity contribution < 1.29 is 9.53 Å². The van der Waals surface area contributed by atoms with Crippen molar-refractivity contribution in [1.82, 2.24) is 10.2 Å². The first-order valence-electron chi connectivity index (χ1n) is 6.57. The van der Waals surface area contributed by atoms with E-state index in [0.29, 0.717) is 12.6 Å². The molecule has 1 rings (SSSR count). The van der Waals surface area contributed by atoms with Crippen LogP contribution in [0.5, 0.6) is 0 Å². The van der Waals surface area contributed by atoms with Gasteiger partial charge >= 0.3 is 6.09 Å². The zero-order valence-corrected chi connectivity index (χ0v) is 13.0. The van der Waals surface area contributed by atoms with Gasteiger partial charge in [-0.25, -0.2) is 4.79 Å². The first kappa shape index (κ1) is 15.6. The summed E-state index contributed by atoms with van der Waals surface area (Å²) in [6.45, 7) is 9.42. The van der Waals surface area contributed by atoms with Crippen LogP contribution >= 0.6 is 11.8 Å². The molecule has 0 spiro atoms. The number of likely N-dealkylation sites (N-methyl/N-ethyl adjacent to an activating group) is 1. The summed E-state index contributed by atoms with van der Waals surface area (Å²) >= 11 is 2.01. The van der Waals surface area contributed by atoms with Crippen LogP contribution in [0.25, 0.3) is 0 Å². The molecule has 0 aromatic heterocycles. The second-order valence-electron chi connectivity index (χ2n) is 5.93. The highest BCUT2D eigenvalue weighted by Gasteiger charge is 2.22. The van der Waals surface area contributed by atoms with Gasteiger partial charge < -0.3 is 15.0 Å². The quantitative estimate of drug-likeness (QED) is 0.854. The Hall–Kier alpha value is -0.420. The molecule has 1 fully saturated rings. The monoisotopic (exact) mass is 274 g/mol. The van der Waals surface area contributed by atoms with Gasteiger partial charge in [-0.1, -0.05) is 6.92 Å². The maximum atomic E-state index is 11.7. The number of nitrogens with zero attached hydrogens (tertiary/aromatic N) is 1. The molecule has 1 aliphatic heterocycles. The van der Waals surface area contributed by atoms with E-state index in [1.807, 2.05) is 32.5 Å². The van der Waals surface area contributed by atoms with Crippen molar-refractivity contribution in [3.05, 3.63) is 0 Å². The first-order chi connectivity index (χ1) is 8.28. The number of hydrogen-bond acceptors (Lipinski definition) is 4. The summed E-state index contributed by atoms with van der Waals surface area (Å²) < 4.78 is 5.29. The van der Waals surface area contributed by atoms with E-state index in [9.17, 15) is 4.79 Å². The van der Waals surface area contributed by atoms with E-state index in [0.717, 1.165) is 11.8 Å². The fourth-order valence-electron chi connectivity index (χ4n) is 1.83. The fraction of sp³-hybridized carbons (Fsp3) is 0.923. The number of thioether (sulfide) groups is 1. The minimum atomic E-state index is -0.420. The Balaban J connectivity index is 2.16. The Kier molecular flexibility index (Phi) is 5.79. The lowest BCUT2D eigenvalue weighted by Gasteiger charge is -2.25. The van der Waals surface area contributed by atoms with Crippen molar-refractivity contribution in [1.29, 1.82) is 0 Å². The Bertz CT molecular complexity index is 279. The Morgan fingerprint density at radius 3 is 2.67 bits per heavy atom. The molecule has 0 aromatic carbocycles. The van der Waals surface area contributed by atoms with Crippen LogP contribution in [0.15, 0.2) is 0 Å². The fourth-order valence-corrected chi connectivity index (χ4v) is 3.01. The predicted molar refractivity (Wildman–Crippen MR) is 77.2 cm³/mol. The standard InChI is InChI=1S/C13H26N2O2S/c1-10-8-11(9-18-10)14-6-7-15(5)12(16)17-13(2,3)4/h10-11,14H,6-9H2,1-5H3. The number of carbonyl (C=O) groups excluding carboxylic acids is 1. The van der Waals surface area contributed by atoms with Crippen molar-refractivity contribution in [2.75, 3.05) is 25.9 Å². The third-order valence-corrected chi connectivity index (χ3v) is 4.14. The summed E-state index contributed by atoms with van der Waals surface area (Å²) in [6.07, 6.45) is 0.972. The Labute approximate surface area is 115 Å².